The molecule has 1 saturated carbocycles. The fourth-order valence-corrected chi connectivity index (χ4v) is 3.94. The molecule has 3 rings (SSSR count). The molecule has 1 aliphatic carbocycles. The van der Waals surface area contributed by atoms with Crippen molar-refractivity contribution in [3.05, 3.63) is 24.3 Å². The summed E-state index contributed by atoms with van der Waals surface area (Å²) in [4.78, 5) is 26.8. The van der Waals surface area contributed by atoms with E-state index in [0.717, 1.165) is 25.7 Å². The second kappa shape index (κ2) is 7.51. The van der Waals surface area contributed by atoms with E-state index in [-0.39, 0.29) is 24.2 Å². The first-order valence-electron chi connectivity index (χ1n) is 8.18. The van der Waals surface area contributed by atoms with Gasteiger partial charge < -0.3 is 10.2 Å². The molecule has 130 valence electrons. The molecular formula is C17H20F2N2O2S. The van der Waals surface area contributed by atoms with Crippen LogP contribution in [0.15, 0.2) is 29.2 Å². The highest BCUT2D eigenvalue weighted by molar-refractivity contribution is 7.99. The van der Waals surface area contributed by atoms with Crippen LogP contribution in [0.2, 0.25) is 0 Å². The lowest BCUT2D eigenvalue weighted by Gasteiger charge is -2.23. The lowest BCUT2D eigenvalue weighted by atomic mass is 10.1. The zero-order chi connectivity index (χ0) is 17.1. The molecule has 1 aromatic rings. The summed E-state index contributed by atoms with van der Waals surface area (Å²) in [5.74, 6) is -2.92. The van der Waals surface area contributed by atoms with E-state index in [2.05, 4.69) is 5.32 Å². The van der Waals surface area contributed by atoms with E-state index in [1.54, 1.807) is 24.3 Å². The van der Waals surface area contributed by atoms with Crippen LogP contribution < -0.4 is 5.32 Å². The SMILES string of the molecule is O=C(Nc1ccc(SC(F)F)cc1)C1CC(=O)N(C2CCCC2)C1. The number of alkyl halides is 2. The van der Waals surface area contributed by atoms with E-state index >= 15 is 0 Å². The van der Waals surface area contributed by atoms with E-state index in [1.807, 2.05) is 4.90 Å². The number of halogens is 2. The van der Waals surface area contributed by atoms with Crippen molar-refractivity contribution in [3.63, 3.8) is 0 Å². The molecule has 1 atom stereocenters. The Morgan fingerprint density at radius 2 is 1.88 bits per heavy atom. The molecule has 1 unspecified atom stereocenters. The molecule has 2 fully saturated rings. The van der Waals surface area contributed by atoms with Crippen molar-refractivity contribution < 1.29 is 18.4 Å². The highest BCUT2D eigenvalue weighted by Crippen LogP contribution is 2.30. The Hall–Kier alpha value is -1.63. The first-order chi connectivity index (χ1) is 11.5. The van der Waals surface area contributed by atoms with E-state index < -0.39 is 5.76 Å². The van der Waals surface area contributed by atoms with Gasteiger partial charge in [-0.1, -0.05) is 24.6 Å². The average molecular weight is 354 g/mol. The number of likely N-dealkylation sites (tertiary alicyclic amines) is 1. The van der Waals surface area contributed by atoms with Gasteiger partial charge in [-0.15, -0.1) is 0 Å². The molecule has 0 radical (unpaired) electrons. The van der Waals surface area contributed by atoms with Crippen molar-refractivity contribution >= 4 is 29.3 Å². The number of amides is 2. The zero-order valence-corrected chi connectivity index (χ0v) is 14.0. The van der Waals surface area contributed by atoms with Crippen molar-refractivity contribution in [2.75, 3.05) is 11.9 Å². The maximum absolute atomic E-state index is 12.4. The summed E-state index contributed by atoms with van der Waals surface area (Å²) in [6.07, 6.45) is 4.61. The molecule has 4 nitrogen and oxygen atoms in total. The Bertz CT molecular complexity index is 603. The molecule has 1 aliphatic heterocycles. The number of anilines is 1. The number of nitrogens with zero attached hydrogens (tertiary/aromatic N) is 1. The van der Waals surface area contributed by atoms with Crippen molar-refractivity contribution in [3.8, 4) is 0 Å². The number of nitrogens with one attached hydrogen (secondary N) is 1. The molecule has 1 saturated heterocycles. The van der Waals surface area contributed by atoms with Gasteiger partial charge in [-0.05, 0) is 37.1 Å². The van der Waals surface area contributed by atoms with Crippen LogP contribution in [0.4, 0.5) is 14.5 Å². The molecule has 0 spiro atoms. The van der Waals surface area contributed by atoms with Crippen LogP contribution in [0.1, 0.15) is 32.1 Å². The Morgan fingerprint density at radius 1 is 1.21 bits per heavy atom. The van der Waals surface area contributed by atoms with Gasteiger partial charge in [-0.3, -0.25) is 9.59 Å². The summed E-state index contributed by atoms with van der Waals surface area (Å²) in [6, 6.07) is 6.61. The normalized spacial score (nSPS) is 21.7. The minimum Gasteiger partial charge on any atom is -0.339 e. The van der Waals surface area contributed by atoms with Crippen LogP contribution in [0.3, 0.4) is 0 Å². The number of rotatable bonds is 5. The lowest BCUT2D eigenvalue weighted by molar-refractivity contribution is -0.129. The summed E-state index contributed by atoms with van der Waals surface area (Å²) < 4.78 is 24.6. The number of hydrogen-bond donors (Lipinski definition) is 1. The zero-order valence-electron chi connectivity index (χ0n) is 13.2. The van der Waals surface area contributed by atoms with E-state index in [0.29, 0.717) is 34.9 Å². The third-order valence-corrected chi connectivity index (χ3v) is 5.36. The van der Waals surface area contributed by atoms with Gasteiger partial charge in [0.1, 0.15) is 0 Å². The van der Waals surface area contributed by atoms with Crippen LogP contribution in [-0.4, -0.2) is 35.1 Å². The fraction of sp³-hybridized carbons (Fsp3) is 0.529. The topological polar surface area (TPSA) is 49.4 Å². The molecule has 7 heteroatoms. The number of hydrogen-bond acceptors (Lipinski definition) is 3. The maximum atomic E-state index is 12.4. The first kappa shape index (κ1) is 17.2. The van der Waals surface area contributed by atoms with Crippen molar-refractivity contribution in [2.24, 2.45) is 5.92 Å². The van der Waals surface area contributed by atoms with Gasteiger partial charge in [0.2, 0.25) is 11.8 Å². The quantitative estimate of drug-likeness (QED) is 0.820. The Labute approximate surface area is 144 Å². The van der Waals surface area contributed by atoms with Crippen molar-refractivity contribution in [1.82, 2.24) is 4.90 Å². The predicted octanol–water partition coefficient (Wildman–Crippen LogP) is 3.73. The van der Waals surface area contributed by atoms with E-state index in [1.165, 1.54) is 0 Å². The summed E-state index contributed by atoms with van der Waals surface area (Å²) >= 11 is 0.469. The van der Waals surface area contributed by atoms with E-state index in [9.17, 15) is 18.4 Å². The minimum atomic E-state index is -2.46. The second-order valence-corrected chi connectivity index (χ2v) is 7.34. The Balaban J connectivity index is 1.56. The summed E-state index contributed by atoms with van der Waals surface area (Å²) in [5, 5.41) is 2.78. The fourth-order valence-electron chi connectivity index (χ4n) is 3.44. The number of carbonyl (C=O) groups is 2. The molecule has 2 aliphatic rings. The van der Waals surface area contributed by atoms with Gasteiger partial charge in [0, 0.05) is 29.6 Å². The van der Waals surface area contributed by atoms with Gasteiger partial charge in [-0.2, -0.15) is 8.78 Å². The molecule has 24 heavy (non-hydrogen) atoms. The second-order valence-electron chi connectivity index (χ2n) is 6.28. The molecule has 2 amide bonds. The van der Waals surface area contributed by atoms with Crippen molar-refractivity contribution in [2.45, 2.75) is 48.8 Å². The Morgan fingerprint density at radius 3 is 2.50 bits per heavy atom. The first-order valence-corrected chi connectivity index (χ1v) is 9.06. The highest BCUT2D eigenvalue weighted by Gasteiger charge is 2.38. The summed E-state index contributed by atoms with van der Waals surface area (Å²) in [5.41, 5.74) is 0.561. The van der Waals surface area contributed by atoms with Crippen LogP contribution in [0.25, 0.3) is 0 Å². The average Bonchev–Trinajstić information content (AvgIpc) is 3.17. The molecule has 0 aromatic heterocycles. The highest BCUT2D eigenvalue weighted by atomic mass is 32.2. The van der Waals surface area contributed by atoms with Gasteiger partial charge in [-0.25, -0.2) is 0 Å². The molecule has 0 bridgehead atoms. The maximum Gasteiger partial charge on any atom is 0.288 e. The van der Waals surface area contributed by atoms with Gasteiger partial charge in [0.15, 0.2) is 0 Å². The molecule has 1 heterocycles. The summed E-state index contributed by atoms with van der Waals surface area (Å²) in [7, 11) is 0. The minimum absolute atomic E-state index is 0.0609. The van der Waals surface area contributed by atoms with Crippen LogP contribution in [0.5, 0.6) is 0 Å². The van der Waals surface area contributed by atoms with Crippen LogP contribution in [-0.2, 0) is 9.59 Å². The van der Waals surface area contributed by atoms with Gasteiger partial charge in [0.05, 0.1) is 5.92 Å². The standard InChI is InChI=1S/C17H20F2N2O2S/c18-17(19)24-14-7-5-12(6-8-14)20-16(23)11-9-15(22)21(10-11)13-3-1-2-4-13/h5-8,11,13,17H,1-4,9-10H2,(H,20,23). The van der Waals surface area contributed by atoms with E-state index in [4.69, 9.17) is 0 Å². The largest absolute Gasteiger partial charge is 0.339 e. The monoisotopic (exact) mass is 354 g/mol. The van der Waals surface area contributed by atoms with Crippen LogP contribution >= 0.6 is 11.8 Å². The summed E-state index contributed by atoms with van der Waals surface area (Å²) in [6.45, 7) is 0.481. The lowest BCUT2D eigenvalue weighted by Crippen LogP contribution is -2.35. The van der Waals surface area contributed by atoms with Gasteiger partial charge >= 0.3 is 0 Å². The third kappa shape index (κ3) is 4.06. The molecule has 1 aromatic carbocycles. The predicted molar refractivity (Wildman–Crippen MR) is 89.0 cm³/mol. The third-order valence-electron chi connectivity index (χ3n) is 4.64. The van der Waals surface area contributed by atoms with Crippen LogP contribution in [0, 0.1) is 5.92 Å². The van der Waals surface area contributed by atoms with Crippen molar-refractivity contribution in [1.29, 1.82) is 0 Å². The number of benzene rings is 1. The smallest absolute Gasteiger partial charge is 0.288 e. The molecular weight excluding hydrogens is 334 g/mol. The molecule has 1 N–H and O–H groups in total. The number of thioether (sulfide) groups is 1. The number of carbonyl (C=O) groups excluding carboxylic acids is 2. The Kier molecular flexibility index (Phi) is 5.38. The van der Waals surface area contributed by atoms with Gasteiger partial charge in [0.25, 0.3) is 5.76 Å².